The minimum atomic E-state index is -3.86. The van der Waals surface area contributed by atoms with Crippen molar-refractivity contribution in [1.82, 2.24) is 4.72 Å². The lowest BCUT2D eigenvalue weighted by molar-refractivity contribution is 0.0131. The van der Waals surface area contributed by atoms with E-state index < -0.39 is 20.7 Å². The van der Waals surface area contributed by atoms with Crippen LogP contribution in [0.3, 0.4) is 0 Å². The molecule has 0 unspecified atom stereocenters. The smallest absolute Gasteiger partial charge is 0.264 e. The van der Waals surface area contributed by atoms with Gasteiger partial charge in [-0.05, 0) is 111 Å². The summed E-state index contributed by atoms with van der Waals surface area (Å²) in [5.41, 5.74) is 3.51. The summed E-state index contributed by atoms with van der Waals surface area (Å²) in [5.74, 6) is 0.905. The van der Waals surface area contributed by atoms with Gasteiger partial charge in [0.05, 0.1) is 23.1 Å². The number of methoxy groups -OCH3 is 1. The highest BCUT2D eigenvalue weighted by Crippen LogP contribution is 2.52. The lowest BCUT2D eigenvalue weighted by Gasteiger charge is -2.46. The van der Waals surface area contributed by atoms with E-state index in [0.29, 0.717) is 36.8 Å². The molecule has 7 nitrogen and oxygen atoms in total. The molecule has 0 saturated heterocycles. The number of hydrogen-bond donors (Lipinski definition) is 1. The van der Waals surface area contributed by atoms with Crippen molar-refractivity contribution in [3.63, 3.8) is 0 Å². The summed E-state index contributed by atoms with van der Waals surface area (Å²) in [5, 5.41) is 0.751. The fourth-order valence-electron chi connectivity index (χ4n) is 7.96. The normalized spacial score (nSPS) is 35.8. The second kappa shape index (κ2) is 10.3. The third kappa shape index (κ3) is 4.65. The van der Waals surface area contributed by atoms with E-state index in [9.17, 15) is 13.2 Å². The molecule has 1 N–H and O–H groups in total. The van der Waals surface area contributed by atoms with E-state index in [1.807, 2.05) is 18.2 Å². The molecular weight excluding hydrogens is 572 g/mol. The van der Waals surface area contributed by atoms with Gasteiger partial charge in [-0.2, -0.15) is 0 Å². The molecule has 2 aromatic carbocycles. The molecule has 2 aliphatic heterocycles. The van der Waals surface area contributed by atoms with Gasteiger partial charge in [0.1, 0.15) is 5.75 Å². The molecule has 6 atom stereocenters. The van der Waals surface area contributed by atoms with E-state index in [1.165, 1.54) is 11.1 Å². The molecule has 1 amide bonds. The van der Waals surface area contributed by atoms with E-state index in [-0.39, 0.29) is 17.4 Å². The first-order valence-electron chi connectivity index (χ1n) is 15.2. The number of allylic oxidation sites excluding steroid dienone is 1. The summed E-state index contributed by atoms with van der Waals surface area (Å²) in [6.07, 6.45) is 10.6. The Balaban J connectivity index is 1.31. The topological polar surface area (TPSA) is 84.9 Å². The molecule has 2 fully saturated rings. The van der Waals surface area contributed by atoms with Crippen LogP contribution in [0.2, 0.25) is 5.02 Å². The number of hydrogen-bond acceptors (Lipinski definition) is 6. The number of carbonyl (C=O) groups is 1. The Morgan fingerprint density at radius 3 is 2.81 bits per heavy atom. The molecule has 2 heterocycles. The Labute approximate surface area is 253 Å². The number of aryl methyl sites for hydroxylation is 1. The van der Waals surface area contributed by atoms with Crippen molar-refractivity contribution in [2.24, 2.45) is 17.8 Å². The first-order chi connectivity index (χ1) is 20.1. The van der Waals surface area contributed by atoms with Crippen LogP contribution in [0.15, 0.2) is 48.6 Å². The van der Waals surface area contributed by atoms with Crippen molar-refractivity contribution in [2.75, 3.05) is 31.7 Å². The number of benzene rings is 2. The number of carbonyl (C=O) groups excluding carboxylic acids is 1. The van der Waals surface area contributed by atoms with E-state index >= 15 is 0 Å². The number of halogens is 1. The monoisotopic (exact) mass is 610 g/mol. The average Bonchev–Trinajstić information content (AvgIpc) is 3.66. The molecule has 3 aliphatic carbocycles. The zero-order valence-electron chi connectivity index (χ0n) is 24.3. The van der Waals surface area contributed by atoms with Crippen LogP contribution in [-0.4, -0.2) is 52.0 Å². The van der Waals surface area contributed by atoms with Crippen molar-refractivity contribution >= 4 is 33.2 Å². The Bertz CT molecular complexity index is 1560. The maximum Gasteiger partial charge on any atom is 0.264 e. The molecule has 7 rings (SSSR count). The predicted molar refractivity (Wildman–Crippen MR) is 164 cm³/mol. The largest absolute Gasteiger partial charge is 0.490 e. The quantitative estimate of drug-likeness (QED) is 0.420. The minimum Gasteiger partial charge on any atom is -0.490 e. The highest BCUT2D eigenvalue weighted by molar-refractivity contribution is 7.91. The van der Waals surface area contributed by atoms with Crippen molar-refractivity contribution in [3.8, 4) is 5.75 Å². The van der Waals surface area contributed by atoms with Crippen molar-refractivity contribution in [3.05, 3.63) is 70.3 Å². The summed E-state index contributed by atoms with van der Waals surface area (Å²) in [7, 11) is -2.09. The van der Waals surface area contributed by atoms with E-state index in [1.54, 1.807) is 20.1 Å². The summed E-state index contributed by atoms with van der Waals surface area (Å²) in [6.45, 7) is 3.82. The maximum absolute atomic E-state index is 13.4. The highest BCUT2D eigenvalue weighted by atomic mass is 35.5. The SMILES string of the molecule is CO[C@H]1/C=C\C[C@@H]2C[C@@]2(C)S(=O)(=O)NC(=O)c2ccc3c(c2)N(C[C@@H]2CC[C@H]21)C[C@@]1(CCCc2cc(Cl)ccc21)CO3. The lowest BCUT2D eigenvalue weighted by Crippen LogP contribution is -2.49. The number of nitrogens with zero attached hydrogens (tertiary/aromatic N) is 1. The number of fused-ring (bicyclic) bond motifs is 5. The lowest BCUT2D eigenvalue weighted by atomic mass is 9.68. The molecule has 0 radical (unpaired) electrons. The zero-order valence-corrected chi connectivity index (χ0v) is 25.8. The molecular formula is C33H39ClN2O5S. The van der Waals surface area contributed by atoms with Crippen molar-refractivity contribution in [2.45, 2.75) is 68.1 Å². The van der Waals surface area contributed by atoms with Crippen LogP contribution in [0.4, 0.5) is 5.69 Å². The van der Waals surface area contributed by atoms with Gasteiger partial charge in [0.25, 0.3) is 5.91 Å². The second-order valence-corrected chi connectivity index (χ2v) is 15.9. The fourth-order valence-corrected chi connectivity index (χ4v) is 9.70. The van der Waals surface area contributed by atoms with E-state index in [0.717, 1.165) is 61.7 Å². The van der Waals surface area contributed by atoms with Gasteiger partial charge < -0.3 is 14.4 Å². The molecule has 5 aliphatic rings. The van der Waals surface area contributed by atoms with Gasteiger partial charge in [-0.1, -0.05) is 29.8 Å². The van der Waals surface area contributed by atoms with E-state index in [4.69, 9.17) is 21.1 Å². The minimum absolute atomic E-state index is 0.0153. The predicted octanol–water partition coefficient (Wildman–Crippen LogP) is 5.65. The van der Waals surface area contributed by atoms with Crippen LogP contribution >= 0.6 is 11.6 Å². The van der Waals surface area contributed by atoms with Gasteiger partial charge in [0.15, 0.2) is 0 Å². The molecule has 2 saturated carbocycles. The number of anilines is 1. The van der Waals surface area contributed by atoms with Gasteiger partial charge in [-0.25, -0.2) is 13.1 Å². The number of ether oxygens (including phenoxy) is 2. The Morgan fingerprint density at radius 1 is 1.17 bits per heavy atom. The second-order valence-electron chi connectivity index (χ2n) is 13.3. The Morgan fingerprint density at radius 2 is 2.02 bits per heavy atom. The maximum atomic E-state index is 13.4. The zero-order chi connectivity index (χ0) is 29.3. The van der Waals surface area contributed by atoms with Gasteiger partial charge in [-0.3, -0.25) is 4.79 Å². The van der Waals surface area contributed by atoms with Gasteiger partial charge in [-0.15, -0.1) is 0 Å². The first-order valence-corrected chi connectivity index (χ1v) is 17.1. The highest BCUT2D eigenvalue weighted by Gasteiger charge is 2.59. The van der Waals surface area contributed by atoms with Crippen LogP contribution in [0.25, 0.3) is 0 Å². The van der Waals surface area contributed by atoms with Gasteiger partial charge in [0, 0.05) is 36.2 Å². The summed E-state index contributed by atoms with van der Waals surface area (Å²) >= 11 is 6.41. The van der Waals surface area contributed by atoms with Crippen molar-refractivity contribution < 1.29 is 22.7 Å². The Hall–Kier alpha value is -2.55. The van der Waals surface area contributed by atoms with Crippen molar-refractivity contribution in [1.29, 1.82) is 0 Å². The molecule has 0 aromatic heterocycles. The molecule has 9 heteroatoms. The fraction of sp³-hybridized carbons (Fsp3) is 0.545. The van der Waals surface area contributed by atoms with Gasteiger partial charge >= 0.3 is 0 Å². The standard InChI is InChI=1S/C33H39ClN2O5S/c1-32-17-24(32)6-3-7-29(40-2)26-11-8-23(26)18-36-19-33(14-4-5-21-15-25(34)10-12-27(21)33)20-41-30-13-9-22(16-28(30)36)31(37)35-42(32,38)39/h3,7,9-10,12-13,15-16,23-24,26,29H,4-6,8,11,14,17-20H2,1-2H3,(H,35,37)/b7-3-/t23-,24+,26+,29-,32+,33-/m0/s1. The van der Waals surface area contributed by atoms with Gasteiger partial charge in [0.2, 0.25) is 10.0 Å². The molecule has 224 valence electrons. The summed E-state index contributed by atoms with van der Waals surface area (Å²) < 4.78 is 40.7. The average molecular weight is 611 g/mol. The van der Waals surface area contributed by atoms with Crippen LogP contribution in [0.1, 0.15) is 66.9 Å². The molecule has 2 bridgehead atoms. The van der Waals surface area contributed by atoms with Crippen LogP contribution < -0.4 is 14.4 Å². The third-order valence-corrected chi connectivity index (χ3v) is 13.3. The molecule has 42 heavy (non-hydrogen) atoms. The third-order valence-electron chi connectivity index (χ3n) is 10.9. The Kier molecular flexibility index (Phi) is 6.91. The van der Waals surface area contributed by atoms with Crippen LogP contribution in [0, 0.1) is 17.8 Å². The van der Waals surface area contributed by atoms with E-state index in [2.05, 4.69) is 33.9 Å². The van der Waals surface area contributed by atoms with Crippen LogP contribution in [-0.2, 0) is 26.6 Å². The first kappa shape index (κ1) is 28.2. The molecule has 2 aromatic rings. The number of nitrogens with one attached hydrogen (secondary N) is 1. The summed E-state index contributed by atoms with van der Waals surface area (Å²) in [6, 6.07) is 11.6. The van der Waals surface area contributed by atoms with Crippen LogP contribution in [0.5, 0.6) is 5.75 Å². The number of rotatable bonds is 1. The summed E-state index contributed by atoms with van der Waals surface area (Å²) in [4.78, 5) is 15.8. The number of sulfonamides is 1. The number of amides is 1. The molecule has 1 spiro atoms.